The van der Waals surface area contributed by atoms with Crippen LogP contribution in [0.5, 0.6) is 5.75 Å². The molecule has 5 rings (SSSR count). The van der Waals surface area contributed by atoms with Gasteiger partial charge in [-0.05, 0) is 79.2 Å². The zero-order chi connectivity index (χ0) is 33.0. The van der Waals surface area contributed by atoms with Gasteiger partial charge in [0.15, 0.2) is 0 Å². The molecule has 3 amide bonds. The van der Waals surface area contributed by atoms with Crippen molar-refractivity contribution in [3.63, 3.8) is 0 Å². The van der Waals surface area contributed by atoms with Gasteiger partial charge in [-0.2, -0.15) is 0 Å². The third kappa shape index (κ3) is 9.18. The highest BCUT2D eigenvalue weighted by Crippen LogP contribution is 2.37. The Morgan fingerprint density at radius 3 is 2.17 bits per heavy atom. The van der Waals surface area contributed by atoms with E-state index in [4.69, 9.17) is 4.74 Å². The highest BCUT2D eigenvalue weighted by atomic mass is 32.2. The van der Waals surface area contributed by atoms with E-state index >= 15 is 0 Å². The number of ether oxygens (including phenoxy) is 1. The Labute approximate surface area is 276 Å². The summed E-state index contributed by atoms with van der Waals surface area (Å²) in [6, 6.07) is 37.8. The summed E-state index contributed by atoms with van der Waals surface area (Å²) in [6.07, 6.45) is 1.57. The molecule has 0 fully saturated rings. The molecule has 0 radical (unpaired) electrons. The van der Waals surface area contributed by atoms with Crippen molar-refractivity contribution in [3.05, 3.63) is 162 Å². The zero-order valence-corrected chi connectivity index (χ0v) is 26.3. The molecule has 0 heterocycles. The fraction of sp³-hybridized carbons (Fsp3) is 0.0789. The number of nitrogens with one attached hydrogen (secondary N) is 3. The van der Waals surface area contributed by atoms with Crippen LogP contribution >= 0.6 is 11.8 Å². The van der Waals surface area contributed by atoms with Crippen LogP contribution in [0.2, 0.25) is 0 Å². The Morgan fingerprint density at radius 1 is 0.766 bits per heavy atom. The number of benzene rings is 5. The molecule has 236 valence electrons. The molecule has 0 aromatic heterocycles. The Hall–Kier alpha value is -5.67. The van der Waals surface area contributed by atoms with Gasteiger partial charge in [-0.3, -0.25) is 14.4 Å². The van der Waals surface area contributed by atoms with Gasteiger partial charge in [0.1, 0.15) is 22.5 Å². The molecule has 1 unspecified atom stereocenters. The number of halogens is 1. The normalized spacial score (nSPS) is 11.7. The smallest absolute Gasteiger partial charge is 0.272 e. The molecule has 0 aliphatic rings. The summed E-state index contributed by atoms with van der Waals surface area (Å²) >= 11 is 1.30. The number of hydrogen-bond donors (Lipinski definition) is 3. The summed E-state index contributed by atoms with van der Waals surface area (Å²) in [5.41, 5.74) is 2.74. The molecular formula is C38H32FN3O4S. The first-order valence-corrected chi connectivity index (χ1v) is 15.8. The molecule has 0 spiro atoms. The van der Waals surface area contributed by atoms with E-state index in [0.717, 1.165) is 5.56 Å². The molecule has 0 bridgehead atoms. The predicted molar refractivity (Wildman–Crippen MR) is 185 cm³/mol. The van der Waals surface area contributed by atoms with Crippen LogP contribution in [0.1, 0.15) is 33.7 Å². The van der Waals surface area contributed by atoms with Crippen molar-refractivity contribution in [1.29, 1.82) is 0 Å². The van der Waals surface area contributed by atoms with Crippen molar-refractivity contribution in [3.8, 4) is 5.75 Å². The maximum atomic E-state index is 13.7. The van der Waals surface area contributed by atoms with Gasteiger partial charge in [-0.15, -0.1) is 11.8 Å². The summed E-state index contributed by atoms with van der Waals surface area (Å²) in [5, 5.41) is 7.85. The predicted octanol–water partition coefficient (Wildman–Crippen LogP) is 8.11. The largest absolute Gasteiger partial charge is 0.493 e. The van der Waals surface area contributed by atoms with Crippen molar-refractivity contribution in [2.75, 3.05) is 17.2 Å². The van der Waals surface area contributed by atoms with Crippen molar-refractivity contribution < 1.29 is 23.5 Å². The van der Waals surface area contributed by atoms with Gasteiger partial charge in [0, 0.05) is 27.4 Å². The molecule has 0 aliphatic heterocycles. The number of para-hydroxylation sites is 1. The van der Waals surface area contributed by atoms with E-state index in [1.54, 1.807) is 66.7 Å². The number of amides is 3. The standard InChI is InChI=1S/C38H32FN3O4S/c1-2-46-34-19-10-9-16-28(34)24-33(42-36(43)27-14-7-4-8-15-27)37(44)41-31-17-11-18-32(25-31)47-35(26-12-5-3-6-13-26)38(45)40-30-22-20-29(39)21-23-30/h3-25,35H,2H2,1H3,(H,40,45)(H,41,44)(H,42,43)/b33-24+. The average Bonchev–Trinajstić information content (AvgIpc) is 3.09. The van der Waals surface area contributed by atoms with E-state index < -0.39 is 22.9 Å². The number of hydrogen-bond acceptors (Lipinski definition) is 5. The number of rotatable bonds is 12. The monoisotopic (exact) mass is 645 g/mol. The molecule has 0 aliphatic carbocycles. The second kappa shape index (κ2) is 16.1. The summed E-state index contributed by atoms with van der Waals surface area (Å²) in [4.78, 5) is 41.0. The highest BCUT2D eigenvalue weighted by molar-refractivity contribution is 8.00. The topological polar surface area (TPSA) is 96.5 Å². The minimum Gasteiger partial charge on any atom is -0.493 e. The summed E-state index contributed by atoms with van der Waals surface area (Å²) in [7, 11) is 0. The van der Waals surface area contributed by atoms with Gasteiger partial charge in [-0.25, -0.2) is 4.39 Å². The third-order valence-corrected chi connectivity index (χ3v) is 8.09. The van der Waals surface area contributed by atoms with E-state index in [2.05, 4.69) is 16.0 Å². The van der Waals surface area contributed by atoms with Gasteiger partial charge in [0.2, 0.25) is 5.91 Å². The number of thioether (sulfide) groups is 1. The van der Waals surface area contributed by atoms with Crippen LogP contribution in [0.25, 0.3) is 6.08 Å². The molecule has 7 nitrogen and oxygen atoms in total. The zero-order valence-electron chi connectivity index (χ0n) is 25.5. The second-order valence-electron chi connectivity index (χ2n) is 10.2. The number of anilines is 2. The minimum atomic E-state index is -0.650. The van der Waals surface area contributed by atoms with E-state index in [9.17, 15) is 18.8 Å². The first kappa shape index (κ1) is 32.7. The quantitative estimate of drug-likeness (QED) is 0.0941. The van der Waals surface area contributed by atoms with Crippen molar-refractivity contribution in [2.45, 2.75) is 17.1 Å². The van der Waals surface area contributed by atoms with Gasteiger partial charge >= 0.3 is 0 Å². The minimum absolute atomic E-state index is 0.0184. The lowest BCUT2D eigenvalue weighted by molar-refractivity contribution is -0.116. The fourth-order valence-corrected chi connectivity index (χ4v) is 5.69. The van der Waals surface area contributed by atoms with E-state index in [0.29, 0.717) is 39.8 Å². The van der Waals surface area contributed by atoms with E-state index in [1.807, 2.05) is 55.5 Å². The number of carbonyl (C=O) groups is 3. The van der Waals surface area contributed by atoms with Crippen LogP contribution in [-0.2, 0) is 9.59 Å². The molecule has 47 heavy (non-hydrogen) atoms. The highest BCUT2D eigenvalue weighted by Gasteiger charge is 2.23. The van der Waals surface area contributed by atoms with Crippen LogP contribution < -0.4 is 20.7 Å². The lowest BCUT2D eigenvalue weighted by Crippen LogP contribution is -2.30. The molecule has 5 aromatic rings. The maximum Gasteiger partial charge on any atom is 0.272 e. The molecule has 9 heteroatoms. The molecule has 3 N–H and O–H groups in total. The van der Waals surface area contributed by atoms with Crippen molar-refractivity contribution in [2.24, 2.45) is 0 Å². The van der Waals surface area contributed by atoms with Gasteiger partial charge in [-0.1, -0.05) is 72.8 Å². The van der Waals surface area contributed by atoms with Gasteiger partial charge < -0.3 is 20.7 Å². The fourth-order valence-electron chi connectivity index (χ4n) is 4.61. The van der Waals surface area contributed by atoms with Gasteiger partial charge in [0.05, 0.1) is 6.61 Å². The lowest BCUT2D eigenvalue weighted by Gasteiger charge is -2.18. The Bertz CT molecular complexity index is 1870. The average molecular weight is 646 g/mol. The van der Waals surface area contributed by atoms with Crippen LogP contribution in [0, 0.1) is 5.82 Å². The Morgan fingerprint density at radius 2 is 1.45 bits per heavy atom. The molecule has 0 saturated heterocycles. The summed E-state index contributed by atoms with van der Waals surface area (Å²) in [5.74, 6) is -1.10. The van der Waals surface area contributed by atoms with E-state index in [1.165, 1.54) is 36.0 Å². The van der Waals surface area contributed by atoms with Gasteiger partial charge in [0.25, 0.3) is 11.8 Å². The van der Waals surface area contributed by atoms with Crippen LogP contribution in [0.3, 0.4) is 0 Å². The van der Waals surface area contributed by atoms with Crippen LogP contribution in [0.15, 0.2) is 144 Å². The molecule has 1 atom stereocenters. The molecule has 5 aromatic carbocycles. The summed E-state index contributed by atoms with van der Waals surface area (Å²) in [6.45, 7) is 2.30. The summed E-state index contributed by atoms with van der Waals surface area (Å²) < 4.78 is 19.2. The lowest BCUT2D eigenvalue weighted by atomic mass is 10.1. The Kier molecular flexibility index (Phi) is 11.2. The molecular weight excluding hydrogens is 614 g/mol. The van der Waals surface area contributed by atoms with Crippen molar-refractivity contribution in [1.82, 2.24) is 5.32 Å². The molecule has 0 saturated carbocycles. The first-order valence-electron chi connectivity index (χ1n) is 14.9. The third-order valence-electron chi connectivity index (χ3n) is 6.85. The van der Waals surface area contributed by atoms with E-state index in [-0.39, 0.29) is 11.6 Å². The number of carbonyl (C=O) groups excluding carboxylic acids is 3. The van der Waals surface area contributed by atoms with Crippen LogP contribution in [0.4, 0.5) is 15.8 Å². The van der Waals surface area contributed by atoms with Crippen molar-refractivity contribution >= 4 is 46.9 Å². The maximum absolute atomic E-state index is 13.7. The van der Waals surface area contributed by atoms with Crippen LogP contribution in [-0.4, -0.2) is 24.3 Å². The SMILES string of the molecule is CCOc1ccccc1/C=C(/NC(=O)c1ccccc1)C(=O)Nc1cccc(SC(C(=O)Nc2ccc(F)cc2)c2ccccc2)c1. The Balaban J connectivity index is 1.39. The first-order chi connectivity index (χ1) is 22.9. The second-order valence-corrected chi connectivity index (χ2v) is 11.4.